The van der Waals surface area contributed by atoms with Gasteiger partial charge in [0.05, 0.1) is 0 Å². The van der Waals surface area contributed by atoms with Gasteiger partial charge in [0.1, 0.15) is 5.73 Å². The highest BCUT2D eigenvalue weighted by Crippen LogP contribution is 2.19. The van der Waals surface area contributed by atoms with Crippen LogP contribution in [0, 0.1) is 0 Å². The van der Waals surface area contributed by atoms with E-state index in [1.807, 2.05) is 13.8 Å². The number of aliphatic hydroxyl groups is 1. The van der Waals surface area contributed by atoms with Gasteiger partial charge in [-0.15, -0.1) is 0 Å². The van der Waals surface area contributed by atoms with E-state index < -0.39 is 15.1 Å². The Morgan fingerprint density at radius 3 is 1.73 bits per heavy atom. The van der Waals surface area contributed by atoms with Crippen LogP contribution in [0.2, 0.25) is 0 Å². The maximum absolute atomic E-state index is 9.44. The number of rotatable bonds is 8. The molecule has 2 atom stereocenters. The lowest BCUT2D eigenvalue weighted by atomic mass is 10.4. The highest BCUT2D eigenvalue weighted by molar-refractivity contribution is 6.62. The molecule has 0 rings (SSSR count). The van der Waals surface area contributed by atoms with E-state index in [0.717, 1.165) is 0 Å². The molecule has 0 aromatic heterocycles. The largest absolute Gasteiger partial charge is 0.530 e. The third-order valence-electron chi connectivity index (χ3n) is 2.29. The Morgan fingerprint density at radius 2 is 1.47 bits per heavy atom. The average Bonchev–Trinajstić information content (AvgIpc) is 2.29. The van der Waals surface area contributed by atoms with Gasteiger partial charge in [-0.25, -0.2) is 0 Å². The molecule has 5 nitrogen and oxygen atoms in total. The zero-order chi connectivity index (χ0) is 11.9. The van der Waals surface area contributed by atoms with E-state index in [0.29, 0.717) is 12.8 Å². The van der Waals surface area contributed by atoms with Crippen molar-refractivity contribution in [2.75, 3.05) is 21.3 Å². The lowest BCUT2D eigenvalue weighted by Gasteiger charge is -2.32. The first kappa shape index (κ1) is 15.0. The number of hydrogen-bond acceptors (Lipinski definition) is 5. The van der Waals surface area contributed by atoms with Crippen LogP contribution >= 0.6 is 0 Å². The molecule has 0 aromatic rings. The van der Waals surface area contributed by atoms with Crippen molar-refractivity contribution >= 4 is 8.80 Å². The van der Waals surface area contributed by atoms with Crippen LogP contribution in [-0.4, -0.2) is 47.3 Å². The predicted octanol–water partition coefficient (Wildman–Crippen LogP) is 0.927. The normalized spacial score (nSPS) is 16.4. The SMILES string of the molecule is CCC(O)OC(CC)[Si](OC)(OC)OC. The van der Waals surface area contributed by atoms with Gasteiger partial charge in [-0.3, -0.25) is 0 Å². The molecule has 1 N–H and O–H groups in total. The van der Waals surface area contributed by atoms with Crippen LogP contribution in [0.25, 0.3) is 0 Å². The predicted molar refractivity (Wildman–Crippen MR) is 58.2 cm³/mol. The lowest BCUT2D eigenvalue weighted by Crippen LogP contribution is -2.56. The molecule has 6 heteroatoms. The van der Waals surface area contributed by atoms with Crippen LogP contribution in [0.5, 0.6) is 0 Å². The summed E-state index contributed by atoms with van der Waals surface area (Å²) in [6, 6.07) is 0. The second-order valence-electron chi connectivity index (χ2n) is 3.11. The van der Waals surface area contributed by atoms with Crippen LogP contribution in [0.1, 0.15) is 26.7 Å². The molecule has 0 aromatic carbocycles. The van der Waals surface area contributed by atoms with Gasteiger partial charge in [-0.1, -0.05) is 13.8 Å². The van der Waals surface area contributed by atoms with Gasteiger partial charge in [0.2, 0.25) is 0 Å². The Bertz CT molecular complexity index is 154. The molecule has 15 heavy (non-hydrogen) atoms. The second-order valence-corrected chi connectivity index (χ2v) is 6.19. The number of aliphatic hydroxyl groups excluding tert-OH is 1. The summed E-state index contributed by atoms with van der Waals surface area (Å²) in [5.41, 5.74) is -0.340. The Labute approximate surface area is 92.7 Å². The lowest BCUT2D eigenvalue weighted by molar-refractivity contribution is -0.134. The quantitative estimate of drug-likeness (QED) is 0.503. The van der Waals surface area contributed by atoms with E-state index in [4.69, 9.17) is 18.0 Å². The fourth-order valence-corrected chi connectivity index (χ4v) is 3.47. The Kier molecular flexibility index (Phi) is 7.32. The van der Waals surface area contributed by atoms with E-state index in [1.165, 1.54) is 21.3 Å². The molecule has 0 bridgehead atoms. The minimum atomic E-state index is -2.81. The summed E-state index contributed by atoms with van der Waals surface area (Å²) < 4.78 is 21.3. The third-order valence-corrected chi connectivity index (χ3v) is 5.33. The molecule has 0 aliphatic carbocycles. The van der Waals surface area contributed by atoms with Gasteiger partial charge in [0, 0.05) is 21.3 Å². The van der Waals surface area contributed by atoms with E-state index in [2.05, 4.69) is 0 Å². The smallest absolute Gasteiger partial charge is 0.375 e. The van der Waals surface area contributed by atoms with Crippen molar-refractivity contribution in [1.82, 2.24) is 0 Å². The highest BCUT2D eigenvalue weighted by atomic mass is 28.4. The molecule has 0 aliphatic rings. The topological polar surface area (TPSA) is 57.2 Å². The fourth-order valence-electron chi connectivity index (χ4n) is 1.36. The summed E-state index contributed by atoms with van der Waals surface area (Å²) in [7, 11) is 1.79. The number of ether oxygens (including phenoxy) is 1. The highest BCUT2D eigenvalue weighted by Gasteiger charge is 2.48. The summed E-state index contributed by atoms with van der Waals surface area (Å²) >= 11 is 0. The van der Waals surface area contributed by atoms with Crippen molar-refractivity contribution in [2.24, 2.45) is 0 Å². The van der Waals surface area contributed by atoms with E-state index in [-0.39, 0.29) is 5.73 Å². The molecular formula is C9H22O5Si. The van der Waals surface area contributed by atoms with Crippen molar-refractivity contribution in [3.05, 3.63) is 0 Å². The van der Waals surface area contributed by atoms with Gasteiger partial charge in [-0.05, 0) is 12.8 Å². The van der Waals surface area contributed by atoms with Gasteiger partial charge < -0.3 is 23.1 Å². The van der Waals surface area contributed by atoms with Crippen LogP contribution in [0.4, 0.5) is 0 Å². The van der Waals surface area contributed by atoms with Crippen molar-refractivity contribution in [3.63, 3.8) is 0 Å². The molecule has 0 saturated heterocycles. The zero-order valence-electron chi connectivity index (χ0n) is 10.1. The van der Waals surface area contributed by atoms with Crippen LogP contribution < -0.4 is 0 Å². The molecule has 0 amide bonds. The van der Waals surface area contributed by atoms with Crippen molar-refractivity contribution in [1.29, 1.82) is 0 Å². The van der Waals surface area contributed by atoms with Crippen molar-refractivity contribution in [3.8, 4) is 0 Å². The average molecular weight is 238 g/mol. The van der Waals surface area contributed by atoms with Crippen LogP contribution in [0.3, 0.4) is 0 Å². The van der Waals surface area contributed by atoms with Gasteiger partial charge in [-0.2, -0.15) is 0 Å². The minimum absolute atomic E-state index is 0.340. The van der Waals surface area contributed by atoms with E-state index in [9.17, 15) is 5.11 Å². The summed E-state index contributed by atoms with van der Waals surface area (Å²) in [4.78, 5) is 0. The Hall–Kier alpha value is 0.0169. The molecule has 0 radical (unpaired) electrons. The standard InChI is InChI=1S/C9H22O5Si/c1-6-8(10)14-9(7-2)15(11-3,12-4)13-5/h8-10H,6-7H2,1-5H3. The maximum Gasteiger partial charge on any atom is 0.530 e. The Balaban J connectivity index is 4.58. The van der Waals surface area contributed by atoms with Crippen molar-refractivity contribution < 1.29 is 23.1 Å². The zero-order valence-corrected chi connectivity index (χ0v) is 11.1. The molecule has 2 unspecified atom stereocenters. The third kappa shape index (κ3) is 3.82. The molecule has 0 fully saturated rings. The second kappa shape index (κ2) is 7.32. The van der Waals surface area contributed by atoms with Gasteiger partial charge >= 0.3 is 8.80 Å². The molecule has 0 heterocycles. The molecule has 0 aliphatic heterocycles. The molecule has 92 valence electrons. The minimum Gasteiger partial charge on any atom is -0.375 e. The number of hydrogen-bond donors (Lipinski definition) is 1. The maximum atomic E-state index is 9.44. The van der Waals surface area contributed by atoms with E-state index in [1.54, 1.807) is 0 Å². The van der Waals surface area contributed by atoms with Crippen LogP contribution in [0.15, 0.2) is 0 Å². The van der Waals surface area contributed by atoms with E-state index >= 15 is 0 Å². The van der Waals surface area contributed by atoms with Gasteiger partial charge in [0.25, 0.3) is 0 Å². The molecular weight excluding hydrogens is 216 g/mol. The monoisotopic (exact) mass is 238 g/mol. The summed E-state index contributed by atoms with van der Waals surface area (Å²) in [6.07, 6.45) is 0.388. The summed E-state index contributed by atoms with van der Waals surface area (Å²) in [5, 5.41) is 9.44. The first-order valence-corrected chi connectivity index (χ1v) is 6.89. The Morgan fingerprint density at radius 1 is 1.00 bits per heavy atom. The van der Waals surface area contributed by atoms with Crippen molar-refractivity contribution in [2.45, 2.75) is 38.7 Å². The molecule has 0 saturated carbocycles. The van der Waals surface area contributed by atoms with Gasteiger partial charge in [0.15, 0.2) is 6.29 Å². The summed E-state index contributed by atoms with van der Waals surface area (Å²) in [5.74, 6) is 0. The first-order valence-electron chi connectivity index (χ1n) is 5.09. The molecule has 0 spiro atoms. The first-order chi connectivity index (χ1) is 7.10. The van der Waals surface area contributed by atoms with Crippen LogP contribution in [-0.2, 0) is 18.0 Å². The summed E-state index contributed by atoms with van der Waals surface area (Å²) in [6.45, 7) is 3.78. The fraction of sp³-hybridized carbons (Fsp3) is 1.00.